The summed E-state index contributed by atoms with van der Waals surface area (Å²) in [6.07, 6.45) is -0.360. The molecule has 1 aliphatic rings. The lowest BCUT2D eigenvalue weighted by Gasteiger charge is -2.41. The van der Waals surface area contributed by atoms with Crippen LogP contribution in [-0.4, -0.2) is 47.9 Å². The van der Waals surface area contributed by atoms with E-state index in [1.54, 1.807) is 34.6 Å². The van der Waals surface area contributed by atoms with Gasteiger partial charge in [0.25, 0.3) is 0 Å². The van der Waals surface area contributed by atoms with Crippen LogP contribution in [-0.2, 0) is 14.2 Å². The zero-order chi connectivity index (χ0) is 14.7. The molecule has 1 heterocycles. The zero-order valence-corrected chi connectivity index (χ0v) is 12.4. The number of amides is 1. The monoisotopic (exact) mass is 275 g/mol. The first kappa shape index (κ1) is 16.2. The van der Waals surface area contributed by atoms with Crippen LogP contribution in [0.5, 0.6) is 0 Å². The Morgan fingerprint density at radius 3 is 2.63 bits per heavy atom. The predicted molar refractivity (Wildman–Crippen MR) is 69.8 cm³/mol. The Hall–Kier alpha value is -0.850. The van der Waals surface area contributed by atoms with Gasteiger partial charge in [0, 0.05) is 6.61 Å². The minimum absolute atomic E-state index is 0.00670. The maximum atomic E-state index is 11.7. The van der Waals surface area contributed by atoms with Crippen LogP contribution in [0.25, 0.3) is 0 Å². The van der Waals surface area contributed by atoms with E-state index in [1.165, 1.54) is 0 Å². The summed E-state index contributed by atoms with van der Waals surface area (Å²) in [5.74, 6) is -0.702. The molecule has 0 aliphatic carbocycles. The van der Waals surface area contributed by atoms with Crippen molar-refractivity contribution < 1.29 is 24.1 Å². The summed E-state index contributed by atoms with van der Waals surface area (Å²) >= 11 is 0. The number of ether oxygens (including phenoxy) is 3. The van der Waals surface area contributed by atoms with Crippen molar-refractivity contribution in [3.8, 4) is 0 Å². The van der Waals surface area contributed by atoms with Gasteiger partial charge in [-0.3, -0.25) is 0 Å². The van der Waals surface area contributed by atoms with Crippen molar-refractivity contribution in [2.75, 3.05) is 13.2 Å². The average molecular weight is 275 g/mol. The Morgan fingerprint density at radius 1 is 1.47 bits per heavy atom. The number of aliphatic hydroxyl groups excluding tert-OH is 1. The first-order valence-electron chi connectivity index (χ1n) is 6.55. The lowest BCUT2D eigenvalue weighted by molar-refractivity contribution is -0.283. The summed E-state index contributed by atoms with van der Waals surface area (Å²) in [6, 6.07) is -0.324. The summed E-state index contributed by atoms with van der Waals surface area (Å²) < 4.78 is 16.4. The fourth-order valence-electron chi connectivity index (χ4n) is 1.86. The second kappa shape index (κ2) is 6.07. The number of carbonyl (C=O) groups excluding carboxylic acids is 1. The topological polar surface area (TPSA) is 77.0 Å². The van der Waals surface area contributed by atoms with Crippen molar-refractivity contribution in [3.05, 3.63) is 0 Å². The van der Waals surface area contributed by atoms with Gasteiger partial charge in [-0.25, -0.2) is 4.79 Å². The van der Waals surface area contributed by atoms with Crippen molar-refractivity contribution >= 4 is 6.09 Å². The molecule has 1 saturated heterocycles. The Morgan fingerprint density at radius 2 is 2.11 bits per heavy atom. The summed E-state index contributed by atoms with van der Waals surface area (Å²) in [5, 5.41) is 11.8. The summed E-state index contributed by atoms with van der Waals surface area (Å²) in [4.78, 5) is 11.7. The van der Waals surface area contributed by atoms with Gasteiger partial charge in [0.1, 0.15) is 5.60 Å². The molecule has 2 N–H and O–H groups in total. The van der Waals surface area contributed by atoms with Crippen LogP contribution in [0, 0.1) is 0 Å². The minimum atomic E-state index is -0.702. The van der Waals surface area contributed by atoms with E-state index in [2.05, 4.69) is 5.32 Å². The molecule has 0 saturated carbocycles. The highest BCUT2D eigenvalue weighted by atomic mass is 16.7. The van der Waals surface area contributed by atoms with Crippen molar-refractivity contribution in [1.82, 2.24) is 5.32 Å². The van der Waals surface area contributed by atoms with E-state index >= 15 is 0 Å². The Kier molecular flexibility index (Phi) is 5.18. The van der Waals surface area contributed by atoms with Crippen molar-refractivity contribution in [3.63, 3.8) is 0 Å². The highest BCUT2D eigenvalue weighted by Crippen LogP contribution is 2.24. The average Bonchev–Trinajstić information content (AvgIpc) is 2.19. The molecule has 0 radical (unpaired) electrons. The molecule has 112 valence electrons. The Bertz CT molecular complexity index is 311. The molecule has 1 aliphatic heterocycles. The molecular weight excluding hydrogens is 250 g/mol. The summed E-state index contributed by atoms with van der Waals surface area (Å²) in [6.45, 7) is 9.34. The molecule has 19 heavy (non-hydrogen) atoms. The maximum Gasteiger partial charge on any atom is 0.408 e. The van der Waals surface area contributed by atoms with Gasteiger partial charge in [0.2, 0.25) is 0 Å². The minimum Gasteiger partial charge on any atom is -0.444 e. The maximum absolute atomic E-state index is 11.7. The molecule has 0 unspecified atom stereocenters. The lowest BCUT2D eigenvalue weighted by Crippen LogP contribution is -2.56. The first-order chi connectivity index (χ1) is 8.63. The van der Waals surface area contributed by atoms with E-state index in [4.69, 9.17) is 19.3 Å². The molecule has 0 aromatic heterocycles. The second-order valence-electron chi connectivity index (χ2n) is 6.13. The highest BCUT2D eigenvalue weighted by molar-refractivity contribution is 5.68. The Balaban J connectivity index is 2.58. The normalized spacial score (nSPS) is 26.8. The fourth-order valence-corrected chi connectivity index (χ4v) is 1.86. The molecular formula is C13H25NO5. The van der Waals surface area contributed by atoms with Gasteiger partial charge in [-0.05, 0) is 41.0 Å². The molecule has 1 rings (SSSR count). The third-order valence-electron chi connectivity index (χ3n) is 2.61. The van der Waals surface area contributed by atoms with Crippen LogP contribution < -0.4 is 5.32 Å². The molecule has 0 aromatic carbocycles. The van der Waals surface area contributed by atoms with Crippen LogP contribution >= 0.6 is 0 Å². The van der Waals surface area contributed by atoms with E-state index in [0.29, 0.717) is 13.0 Å². The number of rotatable bonds is 3. The van der Waals surface area contributed by atoms with E-state index in [9.17, 15) is 4.79 Å². The summed E-state index contributed by atoms with van der Waals surface area (Å²) in [7, 11) is 0. The van der Waals surface area contributed by atoms with Crippen molar-refractivity contribution in [2.45, 2.75) is 64.6 Å². The fraction of sp³-hybridized carbons (Fsp3) is 0.923. The molecule has 6 heteroatoms. The standard InChI is InChI=1S/C13H25NO5/c1-12(2,3)19-11(16)14-9-8-17-13(4,5)18-10(9)6-7-15/h9-10,15H,6-8H2,1-5H3,(H,14,16)/t9-,10+/m1/s1. The zero-order valence-electron chi connectivity index (χ0n) is 12.4. The van der Waals surface area contributed by atoms with Crippen molar-refractivity contribution in [2.24, 2.45) is 0 Å². The van der Waals surface area contributed by atoms with Crippen LogP contribution in [0.3, 0.4) is 0 Å². The highest BCUT2D eigenvalue weighted by Gasteiger charge is 2.37. The molecule has 0 aromatic rings. The van der Waals surface area contributed by atoms with Gasteiger partial charge in [-0.15, -0.1) is 0 Å². The SMILES string of the molecule is CC(C)(C)OC(=O)N[C@@H]1COC(C)(C)O[C@H]1CCO. The van der Waals surface area contributed by atoms with E-state index in [-0.39, 0.29) is 18.8 Å². The number of aliphatic hydroxyl groups is 1. The van der Waals surface area contributed by atoms with E-state index in [0.717, 1.165) is 0 Å². The largest absolute Gasteiger partial charge is 0.444 e. The molecule has 0 bridgehead atoms. The van der Waals surface area contributed by atoms with E-state index in [1.807, 2.05) is 0 Å². The smallest absolute Gasteiger partial charge is 0.408 e. The molecule has 2 atom stereocenters. The van der Waals surface area contributed by atoms with Gasteiger partial charge in [0.15, 0.2) is 5.79 Å². The third-order valence-corrected chi connectivity index (χ3v) is 2.61. The molecule has 0 spiro atoms. The Labute approximate surface area is 114 Å². The number of carbonyl (C=O) groups is 1. The number of nitrogens with one attached hydrogen (secondary N) is 1. The van der Waals surface area contributed by atoms with E-state index < -0.39 is 17.5 Å². The first-order valence-corrected chi connectivity index (χ1v) is 6.55. The van der Waals surface area contributed by atoms with Gasteiger partial charge in [-0.1, -0.05) is 0 Å². The van der Waals surface area contributed by atoms with Gasteiger partial charge >= 0.3 is 6.09 Å². The number of hydrogen-bond donors (Lipinski definition) is 2. The predicted octanol–water partition coefficient (Wildman–Crippen LogP) is 1.41. The summed E-state index contributed by atoms with van der Waals surface area (Å²) in [5.41, 5.74) is -0.549. The second-order valence-corrected chi connectivity index (χ2v) is 6.13. The van der Waals surface area contributed by atoms with Crippen LogP contribution in [0.4, 0.5) is 4.79 Å². The van der Waals surface area contributed by atoms with Crippen LogP contribution in [0.15, 0.2) is 0 Å². The van der Waals surface area contributed by atoms with Gasteiger partial charge in [-0.2, -0.15) is 0 Å². The van der Waals surface area contributed by atoms with Gasteiger partial charge < -0.3 is 24.6 Å². The lowest BCUT2D eigenvalue weighted by atomic mass is 10.1. The van der Waals surface area contributed by atoms with Crippen molar-refractivity contribution in [1.29, 1.82) is 0 Å². The molecule has 6 nitrogen and oxygen atoms in total. The molecule has 1 amide bonds. The third kappa shape index (κ3) is 5.76. The number of hydrogen-bond acceptors (Lipinski definition) is 5. The van der Waals surface area contributed by atoms with Gasteiger partial charge in [0.05, 0.1) is 18.8 Å². The quantitative estimate of drug-likeness (QED) is 0.814. The van der Waals surface area contributed by atoms with Crippen LogP contribution in [0.1, 0.15) is 41.0 Å². The number of alkyl carbamates (subject to hydrolysis) is 1. The van der Waals surface area contributed by atoms with Crippen LogP contribution in [0.2, 0.25) is 0 Å². The molecule has 1 fully saturated rings.